The van der Waals surface area contributed by atoms with Gasteiger partial charge in [0.25, 0.3) is 0 Å². The number of nitrogens with two attached hydrogens (primary N) is 1. The standard InChI is InChI=1S/C11H11F3N4/c12-11(13,14)9-2-1-7(5-15)10(17-9)18-4-3-8(16)6-18/h1-2,8H,3-4,6,16H2. The monoisotopic (exact) mass is 256 g/mol. The second-order valence-electron chi connectivity index (χ2n) is 4.17. The van der Waals surface area contributed by atoms with Crippen molar-refractivity contribution in [2.24, 2.45) is 5.73 Å². The molecule has 0 amide bonds. The van der Waals surface area contributed by atoms with E-state index in [1.165, 1.54) is 0 Å². The van der Waals surface area contributed by atoms with Crippen LogP contribution in [0.3, 0.4) is 0 Å². The molecule has 18 heavy (non-hydrogen) atoms. The van der Waals surface area contributed by atoms with Gasteiger partial charge in [-0.3, -0.25) is 0 Å². The van der Waals surface area contributed by atoms with Crippen molar-refractivity contribution in [2.75, 3.05) is 18.0 Å². The molecule has 96 valence electrons. The summed E-state index contributed by atoms with van der Waals surface area (Å²) in [7, 11) is 0. The molecule has 2 N–H and O–H groups in total. The van der Waals surface area contributed by atoms with E-state index in [0.717, 1.165) is 12.1 Å². The van der Waals surface area contributed by atoms with Crippen molar-refractivity contribution in [3.63, 3.8) is 0 Å². The van der Waals surface area contributed by atoms with Gasteiger partial charge in [0.15, 0.2) is 0 Å². The van der Waals surface area contributed by atoms with Crippen molar-refractivity contribution >= 4 is 5.82 Å². The molecule has 0 aliphatic carbocycles. The summed E-state index contributed by atoms with van der Waals surface area (Å²) < 4.78 is 37.7. The molecule has 0 bridgehead atoms. The molecule has 1 fully saturated rings. The zero-order chi connectivity index (χ0) is 13.3. The van der Waals surface area contributed by atoms with Gasteiger partial charge in [0.05, 0.1) is 5.56 Å². The van der Waals surface area contributed by atoms with Crippen LogP contribution >= 0.6 is 0 Å². The maximum absolute atomic E-state index is 12.6. The quantitative estimate of drug-likeness (QED) is 0.827. The maximum atomic E-state index is 12.6. The second kappa shape index (κ2) is 4.46. The van der Waals surface area contributed by atoms with Gasteiger partial charge in [-0.2, -0.15) is 18.4 Å². The summed E-state index contributed by atoms with van der Waals surface area (Å²) in [5.41, 5.74) is 4.85. The number of halogens is 3. The summed E-state index contributed by atoms with van der Waals surface area (Å²) in [6.45, 7) is 0.938. The lowest BCUT2D eigenvalue weighted by atomic mass is 10.2. The Morgan fingerprint density at radius 1 is 1.44 bits per heavy atom. The van der Waals surface area contributed by atoms with Crippen LogP contribution in [0.15, 0.2) is 12.1 Å². The second-order valence-corrected chi connectivity index (χ2v) is 4.17. The summed E-state index contributed by atoms with van der Waals surface area (Å²) >= 11 is 0. The lowest BCUT2D eigenvalue weighted by molar-refractivity contribution is -0.141. The van der Waals surface area contributed by atoms with E-state index in [1.54, 1.807) is 4.90 Å². The summed E-state index contributed by atoms with van der Waals surface area (Å²) in [4.78, 5) is 5.18. The molecular weight excluding hydrogens is 245 g/mol. The van der Waals surface area contributed by atoms with Gasteiger partial charge in [0, 0.05) is 19.1 Å². The number of nitrogens with zero attached hydrogens (tertiary/aromatic N) is 3. The van der Waals surface area contributed by atoms with Crippen molar-refractivity contribution in [1.29, 1.82) is 5.26 Å². The molecule has 2 rings (SSSR count). The van der Waals surface area contributed by atoms with Gasteiger partial charge in [0.2, 0.25) is 0 Å². The molecule has 1 saturated heterocycles. The highest BCUT2D eigenvalue weighted by atomic mass is 19.4. The fourth-order valence-corrected chi connectivity index (χ4v) is 1.91. The first kappa shape index (κ1) is 12.6. The number of hydrogen-bond donors (Lipinski definition) is 1. The van der Waals surface area contributed by atoms with E-state index in [0.29, 0.717) is 19.5 Å². The van der Waals surface area contributed by atoms with Crippen LogP contribution in [0.2, 0.25) is 0 Å². The minimum Gasteiger partial charge on any atom is -0.354 e. The summed E-state index contributed by atoms with van der Waals surface area (Å²) in [5, 5.41) is 8.91. The minimum atomic E-state index is -4.51. The highest BCUT2D eigenvalue weighted by molar-refractivity contribution is 5.55. The van der Waals surface area contributed by atoms with Crippen LogP contribution in [0, 0.1) is 11.3 Å². The Bertz CT molecular complexity index is 492. The fraction of sp³-hybridized carbons (Fsp3) is 0.455. The van der Waals surface area contributed by atoms with Crippen LogP contribution < -0.4 is 10.6 Å². The van der Waals surface area contributed by atoms with Gasteiger partial charge in [-0.05, 0) is 18.6 Å². The third-order valence-corrected chi connectivity index (χ3v) is 2.81. The number of rotatable bonds is 1. The third-order valence-electron chi connectivity index (χ3n) is 2.81. The van der Waals surface area contributed by atoms with E-state index in [1.807, 2.05) is 6.07 Å². The highest BCUT2D eigenvalue weighted by Gasteiger charge is 2.34. The summed E-state index contributed by atoms with van der Waals surface area (Å²) in [5.74, 6) is 0.0697. The molecule has 1 atom stereocenters. The Morgan fingerprint density at radius 2 is 2.17 bits per heavy atom. The van der Waals surface area contributed by atoms with Gasteiger partial charge >= 0.3 is 6.18 Å². The van der Waals surface area contributed by atoms with Crippen LogP contribution in [0.25, 0.3) is 0 Å². The Hall–Kier alpha value is -1.81. The maximum Gasteiger partial charge on any atom is 0.433 e. The largest absolute Gasteiger partial charge is 0.433 e. The topological polar surface area (TPSA) is 65.9 Å². The molecule has 1 aromatic heterocycles. The smallest absolute Gasteiger partial charge is 0.354 e. The molecule has 1 unspecified atom stereocenters. The van der Waals surface area contributed by atoms with Gasteiger partial charge < -0.3 is 10.6 Å². The first-order valence-electron chi connectivity index (χ1n) is 5.40. The first-order chi connectivity index (χ1) is 8.41. The molecule has 0 aromatic carbocycles. The van der Waals surface area contributed by atoms with E-state index in [4.69, 9.17) is 11.0 Å². The molecule has 2 heterocycles. The fourth-order valence-electron chi connectivity index (χ4n) is 1.91. The molecule has 4 nitrogen and oxygen atoms in total. The lowest BCUT2D eigenvalue weighted by Gasteiger charge is -2.19. The SMILES string of the molecule is N#Cc1ccc(C(F)(F)F)nc1N1CCC(N)C1. The summed E-state index contributed by atoms with van der Waals surface area (Å²) in [6.07, 6.45) is -3.83. The van der Waals surface area contributed by atoms with Crippen molar-refractivity contribution < 1.29 is 13.2 Å². The van der Waals surface area contributed by atoms with E-state index >= 15 is 0 Å². The van der Waals surface area contributed by atoms with Gasteiger partial charge in [-0.1, -0.05) is 0 Å². The number of alkyl halides is 3. The van der Waals surface area contributed by atoms with Crippen molar-refractivity contribution in [3.8, 4) is 6.07 Å². The number of nitriles is 1. The predicted molar refractivity (Wildman–Crippen MR) is 58.8 cm³/mol. The van der Waals surface area contributed by atoms with Crippen molar-refractivity contribution in [1.82, 2.24) is 4.98 Å². The van der Waals surface area contributed by atoms with E-state index in [9.17, 15) is 13.2 Å². The van der Waals surface area contributed by atoms with Crippen molar-refractivity contribution in [3.05, 3.63) is 23.4 Å². The van der Waals surface area contributed by atoms with Crippen LogP contribution in [-0.2, 0) is 6.18 Å². The molecule has 0 radical (unpaired) electrons. The molecule has 1 aromatic rings. The van der Waals surface area contributed by atoms with Crippen LogP contribution in [0.5, 0.6) is 0 Å². The Balaban J connectivity index is 2.41. The number of anilines is 1. The minimum absolute atomic E-state index is 0.0697. The molecule has 0 spiro atoms. The van der Waals surface area contributed by atoms with Gasteiger partial charge in [-0.25, -0.2) is 4.98 Å². The lowest BCUT2D eigenvalue weighted by Crippen LogP contribution is -2.28. The van der Waals surface area contributed by atoms with Crippen LogP contribution in [0.1, 0.15) is 17.7 Å². The first-order valence-corrected chi connectivity index (χ1v) is 5.40. The molecule has 1 aliphatic rings. The van der Waals surface area contributed by atoms with E-state index < -0.39 is 11.9 Å². The number of aromatic nitrogens is 1. The Morgan fingerprint density at radius 3 is 2.67 bits per heavy atom. The van der Waals surface area contributed by atoms with E-state index in [2.05, 4.69) is 4.98 Å². The third kappa shape index (κ3) is 2.38. The molecule has 7 heteroatoms. The molecular formula is C11H11F3N4. The number of hydrogen-bond acceptors (Lipinski definition) is 4. The van der Waals surface area contributed by atoms with Gasteiger partial charge in [-0.15, -0.1) is 0 Å². The highest BCUT2D eigenvalue weighted by Crippen LogP contribution is 2.31. The average molecular weight is 256 g/mol. The average Bonchev–Trinajstić information content (AvgIpc) is 2.73. The van der Waals surface area contributed by atoms with Crippen molar-refractivity contribution in [2.45, 2.75) is 18.6 Å². The Kier molecular flexibility index (Phi) is 3.13. The van der Waals surface area contributed by atoms with Crippen LogP contribution in [0.4, 0.5) is 19.0 Å². The van der Waals surface area contributed by atoms with Gasteiger partial charge in [0.1, 0.15) is 17.6 Å². The normalized spacial score (nSPS) is 19.9. The Labute approximate surface area is 102 Å². The zero-order valence-corrected chi connectivity index (χ0v) is 9.41. The number of pyridine rings is 1. The summed E-state index contributed by atoms with van der Waals surface area (Å²) in [6, 6.07) is 3.73. The van der Waals surface area contributed by atoms with E-state index in [-0.39, 0.29) is 17.4 Å². The molecule has 1 aliphatic heterocycles. The zero-order valence-electron chi connectivity index (χ0n) is 9.41. The van der Waals surface area contributed by atoms with Crippen LogP contribution in [-0.4, -0.2) is 24.1 Å². The predicted octanol–water partition coefficient (Wildman–Crippen LogP) is 1.51. The molecule has 0 saturated carbocycles.